The molecule has 2 rings (SSSR count). The van der Waals surface area contributed by atoms with Gasteiger partial charge in [0.2, 0.25) is 5.91 Å². The average Bonchev–Trinajstić information content (AvgIpc) is 2.52. The molecule has 0 fully saturated rings. The number of carbonyl (C=O) groups is 2. The molecule has 1 aliphatic heterocycles. The molecule has 1 N–H and O–H groups in total. The average molecular weight is 283 g/mol. The molecular weight excluding hydrogens is 272 g/mol. The summed E-state index contributed by atoms with van der Waals surface area (Å²) in [5, 5.41) is 2.65. The lowest BCUT2D eigenvalue weighted by atomic mass is 10.1. The Morgan fingerprint density at radius 1 is 1.56 bits per heavy atom. The van der Waals surface area contributed by atoms with Crippen LogP contribution in [0.1, 0.15) is 11.1 Å². The van der Waals surface area contributed by atoms with Gasteiger partial charge in [0.1, 0.15) is 0 Å². The molecule has 0 aromatic heterocycles. The summed E-state index contributed by atoms with van der Waals surface area (Å²) in [5.41, 5.74) is 2.97. The molecule has 0 saturated heterocycles. The zero-order chi connectivity index (χ0) is 11.7. The first kappa shape index (κ1) is 11.1. The zero-order valence-corrected chi connectivity index (χ0v) is 10.4. The summed E-state index contributed by atoms with van der Waals surface area (Å²) in [6.45, 7) is 0.468. The number of nitrogens with one attached hydrogen (secondary N) is 1. The number of carbonyl (C=O) groups excluding carboxylic acids is 2. The summed E-state index contributed by atoms with van der Waals surface area (Å²) in [4.78, 5) is 23.6. The lowest BCUT2D eigenvalue weighted by Gasteiger charge is -2.10. The molecule has 2 amide bonds. The van der Waals surface area contributed by atoms with Crippen LogP contribution in [-0.2, 0) is 17.8 Å². The Hall–Kier alpha value is -1.36. The summed E-state index contributed by atoms with van der Waals surface area (Å²) in [7, 11) is 1.77. The summed E-state index contributed by atoms with van der Waals surface area (Å²) < 4.78 is 0. The van der Waals surface area contributed by atoms with Crippen LogP contribution in [0.25, 0.3) is 0 Å². The maximum atomic E-state index is 11.5. The lowest BCUT2D eigenvalue weighted by Crippen LogP contribution is -2.20. The monoisotopic (exact) mass is 282 g/mol. The van der Waals surface area contributed by atoms with Crippen LogP contribution < -0.4 is 10.2 Å². The molecule has 0 aliphatic carbocycles. The van der Waals surface area contributed by atoms with Gasteiger partial charge in [0.05, 0.1) is 6.42 Å². The third-order valence-electron chi connectivity index (χ3n) is 2.65. The summed E-state index contributed by atoms with van der Waals surface area (Å²) in [6.07, 6.45) is 0.446. The van der Waals surface area contributed by atoms with Crippen molar-refractivity contribution in [2.45, 2.75) is 13.0 Å². The summed E-state index contributed by atoms with van der Waals surface area (Å²) in [6, 6.07) is 5.78. The van der Waals surface area contributed by atoms with E-state index in [1.807, 2.05) is 18.2 Å². The third-order valence-corrected chi connectivity index (χ3v) is 2.93. The van der Waals surface area contributed by atoms with E-state index in [2.05, 4.69) is 21.2 Å². The molecule has 16 heavy (non-hydrogen) atoms. The number of halogens is 1. The first-order chi connectivity index (χ1) is 7.58. The highest BCUT2D eigenvalue weighted by atomic mass is 79.9. The van der Waals surface area contributed by atoms with E-state index in [1.165, 1.54) is 0 Å². The number of amides is 2. The number of hydrogen-bond acceptors (Lipinski definition) is 2. The molecular formula is C11H11BrN2O2. The van der Waals surface area contributed by atoms with E-state index in [0.29, 0.717) is 13.0 Å². The SMILES string of the molecule is CN1C(=O)Cc2cc(CNC(=O)Br)ccc21. The van der Waals surface area contributed by atoms with Crippen molar-refractivity contribution in [1.82, 2.24) is 5.32 Å². The topological polar surface area (TPSA) is 49.4 Å². The fourth-order valence-electron chi connectivity index (χ4n) is 1.81. The molecule has 4 nitrogen and oxygen atoms in total. The molecule has 84 valence electrons. The van der Waals surface area contributed by atoms with E-state index in [4.69, 9.17) is 0 Å². The van der Waals surface area contributed by atoms with Crippen molar-refractivity contribution < 1.29 is 9.59 Å². The maximum Gasteiger partial charge on any atom is 0.287 e. The minimum absolute atomic E-state index is 0.108. The van der Waals surface area contributed by atoms with Crippen molar-refractivity contribution in [2.75, 3.05) is 11.9 Å². The van der Waals surface area contributed by atoms with Crippen molar-refractivity contribution in [3.05, 3.63) is 29.3 Å². The number of likely N-dealkylation sites (N-methyl/N-ethyl adjacent to an activating group) is 1. The number of rotatable bonds is 2. The van der Waals surface area contributed by atoms with E-state index < -0.39 is 0 Å². The smallest absolute Gasteiger partial charge is 0.287 e. The van der Waals surface area contributed by atoms with E-state index in [0.717, 1.165) is 16.8 Å². The van der Waals surface area contributed by atoms with Crippen LogP contribution in [0.3, 0.4) is 0 Å². The van der Waals surface area contributed by atoms with Crippen molar-refractivity contribution in [3.63, 3.8) is 0 Å². The predicted molar refractivity (Wildman–Crippen MR) is 64.7 cm³/mol. The standard InChI is InChI=1S/C11H11BrN2O2/c1-14-9-3-2-7(6-13-11(12)16)4-8(9)5-10(14)15/h2-4H,5-6H2,1H3,(H,13,16). The van der Waals surface area contributed by atoms with Crippen LogP contribution in [0.15, 0.2) is 18.2 Å². The third kappa shape index (κ3) is 2.09. The molecule has 0 unspecified atom stereocenters. The minimum Gasteiger partial charge on any atom is -0.343 e. The quantitative estimate of drug-likeness (QED) is 0.664. The van der Waals surface area contributed by atoms with Crippen molar-refractivity contribution in [2.24, 2.45) is 0 Å². The van der Waals surface area contributed by atoms with Crippen molar-refractivity contribution in [1.29, 1.82) is 0 Å². The van der Waals surface area contributed by atoms with Gasteiger partial charge in [0.25, 0.3) is 4.82 Å². The molecule has 1 aromatic carbocycles. The Kier molecular flexibility index (Phi) is 2.96. The van der Waals surface area contributed by atoms with E-state index in [1.54, 1.807) is 11.9 Å². The van der Waals surface area contributed by atoms with Crippen LogP contribution in [0.2, 0.25) is 0 Å². The highest BCUT2D eigenvalue weighted by molar-refractivity contribution is 9.18. The Bertz CT molecular complexity index is 459. The first-order valence-electron chi connectivity index (χ1n) is 4.89. The molecule has 0 bridgehead atoms. The van der Waals surface area contributed by atoms with Crippen LogP contribution in [0.5, 0.6) is 0 Å². The largest absolute Gasteiger partial charge is 0.343 e. The lowest BCUT2D eigenvalue weighted by molar-refractivity contribution is -0.117. The van der Waals surface area contributed by atoms with Gasteiger partial charge in [-0.15, -0.1) is 0 Å². The van der Waals surface area contributed by atoms with E-state index >= 15 is 0 Å². The van der Waals surface area contributed by atoms with Crippen LogP contribution in [0.4, 0.5) is 10.5 Å². The second kappa shape index (κ2) is 4.25. The fourth-order valence-corrected chi connectivity index (χ4v) is 1.95. The van der Waals surface area contributed by atoms with Gasteiger partial charge in [-0.3, -0.25) is 9.59 Å². The summed E-state index contributed by atoms with van der Waals surface area (Å²) >= 11 is 2.80. The molecule has 1 aromatic rings. The molecule has 5 heteroatoms. The second-order valence-corrected chi connectivity index (χ2v) is 4.44. The van der Waals surface area contributed by atoms with Gasteiger partial charge in [0, 0.05) is 35.2 Å². The normalized spacial score (nSPS) is 13.9. The van der Waals surface area contributed by atoms with E-state index in [9.17, 15) is 9.59 Å². The number of anilines is 1. The van der Waals surface area contributed by atoms with Gasteiger partial charge in [0.15, 0.2) is 0 Å². The Morgan fingerprint density at radius 3 is 3.00 bits per heavy atom. The van der Waals surface area contributed by atoms with E-state index in [-0.39, 0.29) is 10.7 Å². The van der Waals surface area contributed by atoms with Gasteiger partial charge in [-0.25, -0.2) is 0 Å². The van der Waals surface area contributed by atoms with Crippen LogP contribution in [-0.4, -0.2) is 17.8 Å². The molecule has 0 spiro atoms. The predicted octanol–water partition coefficient (Wildman–Crippen LogP) is 1.81. The number of nitrogens with zero attached hydrogens (tertiary/aromatic N) is 1. The molecule has 0 radical (unpaired) electrons. The highest BCUT2D eigenvalue weighted by Gasteiger charge is 2.23. The fraction of sp³-hybridized carbons (Fsp3) is 0.273. The zero-order valence-electron chi connectivity index (χ0n) is 8.79. The van der Waals surface area contributed by atoms with Crippen LogP contribution in [0, 0.1) is 0 Å². The number of benzene rings is 1. The van der Waals surface area contributed by atoms with Gasteiger partial charge in [-0.2, -0.15) is 0 Å². The van der Waals surface area contributed by atoms with Gasteiger partial charge in [-0.1, -0.05) is 12.1 Å². The molecule has 0 atom stereocenters. The molecule has 1 aliphatic rings. The maximum absolute atomic E-state index is 11.5. The number of fused-ring (bicyclic) bond motifs is 1. The van der Waals surface area contributed by atoms with Crippen LogP contribution >= 0.6 is 15.9 Å². The Labute approximate surface area is 102 Å². The minimum atomic E-state index is -0.235. The highest BCUT2D eigenvalue weighted by Crippen LogP contribution is 2.28. The van der Waals surface area contributed by atoms with Gasteiger partial charge >= 0.3 is 0 Å². The Morgan fingerprint density at radius 2 is 2.31 bits per heavy atom. The van der Waals surface area contributed by atoms with Crippen molar-refractivity contribution >= 4 is 32.3 Å². The Balaban J connectivity index is 2.18. The first-order valence-corrected chi connectivity index (χ1v) is 5.69. The van der Waals surface area contributed by atoms with Crippen molar-refractivity contribution in [3.8, 4) is 0 Å². The summed E-state index contributed by atoms with van der Waals surface area (Å²) in [5.74, 6) is 0.108. The molecule has 0 saturated carbocycles. The van der Waals surface area contributed by atoms with Gasteiger partial charge in [-0.05, 0) is 17.2 Å². The molecule has 1 heterocycles. The second-order valence-electron chi connectivity index (χ2n) is 3.72. The number of hydrogen-bond donors (Lipinski definition) is 1. The van der Waals surface area contributed by atoms with Gasteiger partial charge < -0.3 is 10.2 Å².